The van der Waals surface area contributed by atoms with E-state index in [4.69, 9.17) is 30.8 Å². The maximum absolute atomic E-state index is 11.8. The Hall–Kier alpha value is -3.26. The number of hydrogen-bond donors (Lipinski definition) is 1. The van der Waals surface area contributed by atoms with Gasteiger partial charge in [0.25, 0.3) is 0 Å². The van der Waals surface area contributed by atoms with Gasteiger partial charge in [0.05, 0.1) is 20.3 Å². The van der Waals surface area contributed by atoms with E-state index in [1.54, 1.807) is 20.3 Å². The number of nitrogens with zero attached hydrogens (tertiary/aromatic N) is 1. The van der Waals surface area contributed by atoms with E-state index in [1.807, 2.05) is 31.2 Å². The summed E-state index contributed by atoms with van der Waals surface area (Å²) in [6.07, 6.45) is 0.818. The molecule has 3 aromatic rings. The molecular formula is C27H32N2O5S. The van der Waals surface area contributed by atoms with Crippen LogP contribution in [0.15, 0.2) is 45.6 Å². The van der Waals surface area contributed by atoms with Crippen molar-refractivity contribution in [3.05, 3.63) is 63.5 Å². The molecule has 1 aromatic heterocycles. The van der Waals surface area contributed by atoms with E-state index in [9.17, 15) is 4.79 Å². The van der Waals surface area contributed by atoms with Gasteiger partial charge in [-0.25, -0.2) is 4.79 Å². The fourth-order valence-corrected chi connectivity index (χ4v) is 4.94. The third-order valence-corrected chi connectivity index (χ3v) is 6.41. The Bertz CT molecular complexity index is 1310. The Morgan fingerprint density at radius 2 is 1.86 bits per heavy atom. The third-order valence-electron chi connectivity index (χ3n) is 6.08. The maximum atomic E-state index is 11.8. The first-order chi connectivity index (χ1) is 16.6. The Morgan fingerprint density at radius 3 is 2.54 bits per heavy atom. The Labute approximate surface area is 211 Å². The summed E-state index contributed by atoms with van der Waals surface area (Å²) in [5.41, 5.74) is 3.08. The second-order valence-corrected chi connectivity index (χ2v) is 10.1. The van der Waals surface area contributed by atoms with Crippen molar-refractivity contribution in [3.63, 3.8) is 0 Å². The molecule has 2 heterocycles. The Balaban J connectivity index is 1.68. The molecule has 1 N–H and O–H groups in total. The molecule has 7 nitrogen and oxygen atoms in total. The Kier molecular flexibility index (Phi) is 6.94. The van der Waals surface area contributed by atoms with Crippen LogP contribution in [0.4, 0.5) is 0 Å². The van der Waals surface area contributed by atoms with E-state index in [2.05, 4.69) is 31.0 Å². The van der Waals surface area contributed by atoms with Crippen LogP contribution in [-0.2, 0) is 6.42 Å². The van der Waals surface area contributed by atoms with Gasteiger partial charge in [-0.1, -0.05) is 0 Å². The first-order valence-electron chi connectivity index (χ1n) is 11.6. The molecule has 0 amide bonds. The van der Waals surface area contributed by atoms with Crippen molar-refractivity contribution in [3.8, 4) is 17.2 Å². The molecule has 4 rings (SSSR count). The van der Waals surface area contributed by atoms with Gasteiger partial charge in [-0.15, -0.1) is 0 Å². The monoisotopic (exact) mass is 496 g/mol. The molecule has 0 radical (unpaired) electrons. The predicted molar refractivity (Wildman–Crippen MR) is 141 cm³/mol. The number of benzene rings is 2. The van der Waals surface area contributed by atoms with Crippen LogP contribution in [0, 0.1) is 6.92 Å². The van der Waals surface area contributed by atoms with Gasteiger partial charge in [-0.2, -0.15) is 0 Å². The van der Waals surface area contributed by atoms with E-state index in [0.717, 1.165) is 29.5 Å². The lowest BCUT2D eigenvalue weighted by atomic mass is 9.92. The Morgan fingerprint density at radius 1 is 1.14 bits per heavy atom. The van der Waals surface area contributed by atoms with Crippen molar-refractivity contribution in [2.24, 2.45) is 0 Å². The summed E-state index contributed by atoms with van der Waals surface area (Å²) in [5.74, 6) is 1.99. The van der Waals surface area contributed by atoms with Gasteiger partial charge >= 0.3 is 5.63 Å². The van der Waals surface area contributed by atoms with Crippen LogP contribution >= 0.6 is 12.2 Å². The zero-order valence-corrected chi connectivity index (χ0v) is 21.9. The molecule has 0 saturated heterocycles. The summed E-state index contributed by atoms with van der Waals surface area (Å²) in [7, 11) is 3.27. The van der Waals surface area contributed by atoms with E-state index in [0.29, 0.717) is 34.6 Å². The first-order valence-corrected chi connectivity index (χ1v) is 12.0. The normalized spacial score (nSPS) is 15.5. The van der Waals surface area contributed by atoms with E-state index in [1.165, 1.54) is 11.6 Å². The highest BCUT2D eigenvalue weighted by Gasteiger charge is 2.32. The van der Waals surface area contributed by atoms with Gasteiger partial charge in [0.2, 0.25) is 0 Å². The lowest BCUT2D eigenvalue weighted by molar-refractivity contribution is 0.185. The second kappa shape index (κ2) is 9.77. The minimum absolute atomic E-state index is 0.152. The van der Waals surface area contributed by atoms with E-state index < -0.39 is 0 Å². The second-order valence-electron chi connectivity index (χ2n) is 9.76. The molecule has 186 valence electrons. The van der Waals surface area contributed by atoms with Gasteiger partial charge < -0.3 is 28.8 Å². The van der Waals surface area contributed by atoms with Crippen molar-refractivity contribution >= 4 is 28.3 Å². The van der Waals surface area contributed by atoms with Crippen LogP contribution in [0.3, 0.4) is 0 Å². The summed E-state index contributed by atoms with van der Waals surface area (Å²) in [5, 5.41) is 4.99. The van der Waals surface area contributed by atoms with Gasteiger partial charge in [0.15, 0.2) is 16.6 Å². The highest BCUT2D eigenvalue weighted by molar-refractivity contribution is 7.80. The van der Waals surface area contributed by atoms with Crippen molar-refractivity contribution < 1.29 is 18.6 Å². The molecule has 0 unspecified atom stereocenters. The lowest BCUT2D eigenvalue weighted by Gasteiger charge is -2.41. The molecule has 1 atom stereocenters. The molecule has 8 heteroatoms. The summed E-state index contributed by atoms with van der Waals surface area (Å²) in [4.78, 5) is 14.0. The third kappa shape index (κ3) is 5.37. The number of rotatable bonds is 5. The van der Waals surface area contributed by atoms with Crippen LogP contribution < -0.4 is 25.2 Å². The quantitative estimate of drug-likeness (QED) is 0.400. The summed E-state index contributed by atoms with van der Waals surface area (Å²) in [6.45, 7) is 9.23. The number of thiocarbonyl (C=S) groups is 1. The van der Waals surface area contributed by atoms with Crippen LogP contribution in [0.2, 0.25) is 0 Å². The predicted octanol–water partition coefficient (Wildman–Crippen LogP) is 4.77. The molecule has 1 aliphatic heterocycles. The zero-order valence-electron chi connectivity index (χ0n) is 21.1. The SMILES string of the molecule is COc1cc2c(cc1OC)[C@H](COc1ccc3c(C)cc(=O)oc3c1)N(C(=S)NC(C)(C)C)CC2. The number of ether oxygens (including phenoxy) is 3. The smallest absolute Gasteiger partial charge is 0.336 e. The van der Waals surface area contributed by atoms with E-state index >= 15 is 0 Å². The molecule has 2 aromatic carbocycles. The van der Waals surface area contributed by atoms with Crippen LogP contribution in [0.5, 0.6) is 17.2 Å². The molecule has 0 bridgehead atoms. The van der Waals surface area contributed by atoms with Crippen LogP contribution in [0.1, 0.15) is 43.5 Å². The molecule has 0 aliphatic carbocycles. The van der Waals surface area contributed by atoms with Gasteiger partial charge in [-0.3, -0.25) is 0 Å². The van der Waals surface area contributed by atoms with Gasteiger partial charge in [0.1, 0.15) is 17.9 Å². The number of hydrogen-bond acceptors (Lipinski definition) is 6. The fraction of sp³-hybridized carbons (Fsp3) is 0.407. The van der Waals surface area contributed by atoms with Crippen molar-refractivity contribution in [2.75, 3.05) is 27.4 Å². The minimum Gasteiger partial charge on any atom is -0.493 e. The molecular weight excluding hydrogens is 464 g/mol. The molecule has 35 heavy (non-hydrogen) atoms. The summed E-state index contributed by atoms with van der Waals surface area (Å²) < 4.78 is 22.8. The van der Waals surface area contributed by atoms with Crippen LogP contribution in [0.25, 0.3) is 11.0 Å². The number of methoxy groups -OCH3 is 2. The minimum atomic E-state index is -0.376. The largest absolute Gasteiger partial charge is 0.493 e. The van der Waals surface area contributed by atoms with Gasteiger partial charge in [-0.05, 0) is 87.3 Å². The molecule has 0 saturated carbocycles. The number of fused-ring (bicyclic) bond motifs is 2. The molecule has 0 spiro atoms. The van der Waals surface area contributed by atoms with Crippen molar-refractivity contribution in [1.82, 2.24) is 10.2 Å². The zero-order chi connectivity index (χ0) is 25.3. The topological polar surface area (TPSA) is 73.2 Å². The maximum Gasteiger partial charge on any atom is 0.336 e. The summed E-state index contributed by atoms with van der Waals surface area (Å²) >= 11 is 5.81. The number of nitrogens with one attached hydrogen (secondary N) is 1. The standard InChI is InChI=1S/C27H32N2O5S/c1-16-11-25(30)34-22-13-18(7-8-19(16)22)33-15-21-20-14-24(32-6)23(31-5)12-17(20)9-10-29(21)26(35)28-27(2,3)4/h7-8,11-14,21H,9-10,15H2,1-6H3,(H,28,35)/t21-/m0/s1. The molecule has 0 fully saturated rings. The van der Waals surface area contributed by atoms with Crippen molar-refractivity contribution in [1.29, 1.82) is 0 Å². The highest BCUT2D eigenvalue weighted by atomic mass is 32.1. The average Bonchev–Trinajstić information content (AvgIpc) is 2.79. The van der Waals surface area contributed by atoms with Gasteiger partial charge in [0, 0.05) is 29.6 Å². The number of aryl methyl sites for hydroxylation is 1. The highest BCUT2D eigenvalue weighted by Crippen LogP contribution is 2.38. The van der Waals surface area contributed by atoms with E-state index in [-0.39, 0.29) is 17.2 Å². The van der Waals surface area contributed by atoms with Crippen LogP contribution in [-0.4, -0.2) is 42.9 Å². The molecule has 1 aliphatic rings. The lowest BCUT2D eigenvalue weighted by Crippen LogP contribution is -2.52. The fourth-order valence-electron chi connectivity index (χ4n) is 4.41. The summed E-state index contributed by atoms with van der Waals surface area (Å²) in [6, 6.07) is 11.0. The average molecular weight is 497 g/mol. The first kappa shape index (κ1) is 24.9. The van der Waals surface area contributed by atoms with Crippen molar-refractivity contribution in [2.45, 2.75) is 45.7 Å².